The van der Waals surface area contributed by atoms with Crippen molar-refractivity contribution in [3.05, 3.63) is 58.5 Å². The quantitative estimate of drug-likeness (QED) is 0.641. The third kappa shape index (κ3) is 3.48. The molecule has 156 valence electrons. The predicted molar refractivity (Wildman–Crippen MR) is 113 cm³/mol. The molecule has 0 bridgehead atoms. The number of fused-ring (bicyclic) bond motifs is 2. The fourth-order valence-corrected chi connectivity index (χ4v) is 4.25. The van der Waals surface area contributed by atoms with Crippen LogP contribution in [0.15, 0.2) is 36.5 Å². The molecule has 1 fully saturated rings. The molecule has 2 aromatic heterocycles. The number of imidazole rings is 1. The van der Waals surface area contributed by atoms with Gasteiger partial charge in [0.1, 0.15) is 11.3 Å². The van der Waals surface area contributed by atoms with Crippen LogP contribution >= 0.6 is 11.6 Å². The highest BCUT2D eigenvalue weighted by Gasteiger charge is 2.27. The van der Waals surface area contributed by atoms with E-state index in [0.717, 1.165) is 36.8 Å². The van der Waals surface area contributed by atoms with Crippen molar-refractivity contribution in [1.82, 2.24) is 19.2 Å². The minimum Gasteiger partial charge on any atom is -0.454 e. The van der Waals surface area contributed by atoms with Crippen molar-refractivity contribution in [2.24, 2.45) is 0 Å². The fourth-order valence-electron chi connectivity index (χ4n) is 4.10. The zero-order chi connectivity index (χ0) is 20.7. The van der Waals surface area contributed by atoms with Crippen LogP contribution in [0.5, 0.6) is 11.5 Å². The summed E-state index contributed by atoms with van der Waals surface area (Å²) >= 11 is 6.10. The molecule has 0 saturated carbocycles. The maximum atomic E-state index is 13.3. The SMILES string of the molecule is CCc1nc2cc(Cl)ccn2c1C(=O)N1CCN(Cc2ccc3c(c2)OCO3)CC1. The van der Waals surface area contributed by atoms with Gasteiger partial charge < -0.3 is 14.4 Å². The topological polar surface area (TPSA) is 59.3 Å². The van der Waals surface area contributed by atoms with Crippen molar-refractivity contribution in [2.45, 2.75) is 19.9 Å². The van der Waals surface area contributed by atoms with Crippen LogP contribution in [0.4, 0.5) is 0 Å². The van der Waals surface area contributed by atoms with Crippen molar-refractivity contribution in [3.8, 4) is 11.5 Å². The summed E-state index contributed by atoms with van der Waals surface area (Å²) in [5.41, 5.74) is 3.36. The van der Waals surface area contributed by atoms with E-state index in [4.69, 9.17) is 21.1 Å². The molecule has 1 aromatic carbocycles. The highest BCUT2D eigenvalue weighted by molar-refractivity contribution is 6.30. The molecule has 0 unspecified atom stereocenters. The van der Waals surface area contributed by atoms with Gasteiger partial charge >= 0.3 is 0 Å². The first-order valence-corrected chi connectivity index (χ1v) is 10.6. The lowest BCUT2D eigenvalue weighted by atomic mass is 10.1. The Balaban J connectivity index is 1.28. The lowest BCUT2D eigenvalue weighted by Gasteiger charge is -2.34. The number of aryl methyl sites for hydroxylation is 1. The summed E-state index contributed by atoms with van der Waals surface area (Å²) in [5.74, 6) is 1.64. The summed E-state index contributed by atoms with van der Waals surface area (Å²) in [4.78, 5) is 22.2. The second-order valence-electron chi connectivity index (χ2n) is 7.59. The number of nitrogens with zero attached hydrogens (tertiary/aromatic N) is 4. The van der Waals surface area contributed by atoms with E-state index in [2.05, 4.69) is 16.0 Å². The van der Waals surface area contributed by atoms with Crippen molar-refractivity contribution in [2.75, 3.05) is 33.0 Å². The van der Waals surface area contributed by atoms with E-state index in [1.807, 2.05) is 34.6 Å². The number of piperazine rings is 1. The molecule has 0 radical (unpaired) electrons. The average Bonchev–Trinajstić information content (AvgIpc) is 3.37. The van der Waals surface area contributed by atoms with E-state index in [1.165, 1.54) is 5.56 Å². The number of hydrogen-bond acceptors (Lipinski definition) is 5. The normalized spacial score (nSPS) is 16.4. The molecule has 1 amide bonds. The molecule has 2 aliphatic heterocycles. The number of pyridine rings is 1. The van der Waals surface area contributed by atoms with E-state index in [-0.39, 0.29) is 12.7 Å². The van der Waals surface area contributed by atoms with Gasteiger partial charge in [0.05, 0.1) is 5.69 Å². The van der Waals surface area contributed by atoms with E-state index in [0.29, 0.717) is 35.9 Å². The van der Waals surface area contributed by atoms with Crippen LogP contribution in [0, 0.1) is 0 Å². The molecule has 30 heavy (non-hydrogen) atoms. The Morgan fingerprint density at radius 3 is 2.70 bits per heavy atom. The summed E-state index contributed by atoms with van der Waals surface area (Å²) in [5, 5.41) is 0.617. The zero-order valence-electron chi connectivity index (χ0n) is 16.8. The van der Waals surface area contributed by atoms with Gasteiger partial charge in [-0.3, -0.25) is 14.1 Å². The number of carbonyl (C=O) groups excluding carboxylic acids is 1. The first-order valence-electron chi connectivity index (χ1n) is 10.2. The Bertz CT molecular complexity index is 1110. The highest BCUT2D eigenvalue weighted by atomic mass is 35.5. The Hall–Kier alpha value is -2.77. The summed E-state index contributed by atoms with van der Waals surface area (Å²) in [6, 6.07) is 9.65. The van der Waals surface area contributed by atoms with Crippen LogP contribution in [0.2, 0.25) is 5.02 Å². The molecule has 0 atom stereocenters. The smallest absolute Gasteiger partial charge is 0.272 e. The van der Waals surface area contributed by atoms with Crippen LogP contribution in [0.25, 0.3) is 5.65 Å². The molecule has 0 aliphatic carbocycles. The molecule has 7 nitrogen and oxygen atoms in total. The van der Waals surface area contributed by atoms with Gasteiger partial charge in [0.25, 0.3) is 5.91 Å². The van der Waals surface area contributed by atoms with Crippen molar-refractivity contribution in [1.29, 1.82) is 0 Å². The Morgan fingerprint density at radius 2 is 1.90 bits per heavy atom. The van der Waals surface area contributed by atoms with Crippen molar-refractivity contribution >= 4 is 23.2 Å². The maximum absolute atomic E-state index is 13.3. The number of hydrogen-bond donors (Lipinski definition) is 0. The van der Waals surface area contributed by atoms with E-state index in [1.54, 1.807) is 12.1 Å². The van der Waals surface area contributed by atoms with E-state index < -0.39 is 0 Å². The van der Waals surface area contributed by atoms with Gasteiger partial charge in [-0.05, 0) is 30.2 Å². The number of carbonyl (C=O) groups is 1. The second kappa shape index (κ2) is 7.81. The highest BCUT2D eigenvalue weighted by Crippen LogP contribution is 2.33. The van der Waals surface area contributed by atoms with Gasteiger partial charge in [0.2, 0.25) is 6.79 Å². The molecule has 8 heteroatoms. The number of halogens is 1. The fraction of sp³-hybridized carbons (Fsp3) is 0.364. The molecule has 0 spiro atoms. The van der Waals surface area contributed by atoms with Crippen LogP contribution in [0.3, 0.4) is 0 Å². The molecular weight excluding hydrogens is 404 g/mol. The first kappa shape index (κ1) is 19.2. The monoisotopic (exact) mass is 426 g/mol. The predicted octanol–water partition coefficient (Wildman–Crippen LogP) is 3.24. The third-order valence-electron chi connectivity index (χ3n) is 5.70. The average molecular weight is 427 g/mol. The minimum absolute atomic E-state index is 0.0319. The van der Waals surface area contributed by atoms with Gasteiger partial charge in [-0.15, -0.1) is 0 Å². The van der Waals surface area contributed by atoms with Gasteiger partial charge in [0, 0.05) is 50.0 Å². The van der Waals surface area contributed by atoms with E-state index in [9.17, 15) is 4.79 Å². The van der Waals surface area contributed by atoms with Gasteiger partial charge in [-0.2, -0.15) is 0 Å². The molecule has 0 N–H and O–H groups in total. The lowest BCUT2D eigenvalue weighted by molar-refractivity contribution is 0.0620. The number of amides is 1. The summed E-state index contributed by atoms with van der Waals surface area (Å²) in [6.07, 6.45) is 2.53. The molecule has 3 aromatic rings. The Morgan fingerprint density at radius 1 is 1.10 bits per heavy atom. The number of rotatable bonds is 4. The molecule has 5 rings (SSSR count). The van der Waals surface area contributed by atoms with Gasteiger partial charge in [-0.25, -0.2) is 4.98 Å². The van der Waals surface area contributed by atoms with Crippen LogP contribution in [-0.2, 0) is 13.0 Å². The first-order chi connectivity index (χ1) is 14.6. The number of benzene rings is 1. The number of aromatic nitrogens is 2. The molecule has 1 saturated heterocycles. The minimum atomic E-state index is 0.0319. The zero-order valence-corrected chi connectivity index (χ0v) is 17.6. The van der Waals surface area contributed by atoms with Crippen LogP contribution in [0.1, 0.15) is 28.7 Å². The summed E-state index contributed by atoms with van der Waals surface area (Å²) in [7, 11) is 0. The van der Waals surface area contributed by atoms with Crippen LogP contribution in [-0.4, -0.2) is 58.1 Å². The van der Waals surface area contributed by atoms with E-state index >= 15 is 0 Å². The summed E-state index contributed by atoms with van der Waals surface area (Å²) < 4.78 is 12.7. The largest absolute Gasteiger partial charge is 0.454 e. The molecule has 4 heterocycles. The van der Waals surface area contributed by atoms with Crippen LogP contribution < -0.4 is 9.47 Å². The maximum Gasteiger partial charge on any atom is 0.272 e. The van der Waals surface area contributed by atoms with Crippen molar-refractivity contribution in [3.63, 3.8) is 0 Å². The second-order valence-corrected chi connectivity index (χ2v) is 8.03. The third-order valence-corrected chi connectivity index (χ3v) is 5.94. The molecule has 2 aliphatic rings. The Kier molecular flexibility index (Phi) is 5.00. The van der Waals surface area contributed by atoms with Gasteiger partial charge in [0.15, 0.2) is 11.5 Å². The standard InChI is InChI=1S/C22H23ClN4O3/c1-2-17-21(27-6-5-16(23)12-20(27)24-17)22(28)26-9-7-25(8-10-26)13-15-3-4-18-19(11-15)30-14-29-18/h3-6,11-12H,2,7-10,13-14H2,1H3. The van der Waals surface area contributed by atoms with Crippen molar-refractivity contribution < 1.29 is 14.3 Å². The Labute approximate surface area is 179 Å². The summed E-state index contributed by atoms with van der Waals surface area (Å²) in [6.45, 7) is 6.15. The lowest BCUT2D eigenvalue weighted by Crippen LogP contribution is -2.48. The number of ether oxygens (including phenoxy) is 2. The molecular formula is C22H23ClN4O3. The van der Waals surface area contributed by atoms with Gasteiger partial charge in [-0.1, -0.05) is 24.6 Å².